The van der Waals surface area contributed by atoms with Crippen LogP contribution in [0.1, 0.15) is 32.6 Å². The van der Waals surface area contributed by atoms with E-state index >= 15 is 0 Å². The van der Waals surface area contributed by atoms with Crippen molar-refractivity contribution in [3.8, 4) is 0 Å². The first-order valence-electron chi connectivity index (χ1n) is 6.32. The minimum absolute atomic E-state index is 0.117. The third-order valence-electron chi connectivity index (χ3n) is 3.30. The number of piperidine rings is 1. The summed E-state index contributed by atoms with van der Waals surface area (Å²) in [5.74, 6) is 1.20. The molecule has 0 aliphatic carbocycles. The lowest BCUT2D eigenvalue weighted by atomic mass is 9.85. The zero-order chi connectivity index (χ0) is 11.8. The molecule has 0 aromatic carbocycles. The third-order valence-corrected chi connectivity index (χ3v) is 3.30. The van der Waals surface area contributed by atoms with Crippen LogP contribution in [0.3, 0.4) is 0 Å². The van der Waals surface area contributed by atoms with E-state index in [1.165, 1.54) is 12.8 Å². The molecule has 0 aromatic heterocycles. The van der Waals surface area contributed by atoms with Gasteiger partial charge in [-0.2, -0.15) is 0 Å². The molecule has 16 heavy (non-hydrogen) atoms. The molecule has 1 aliphatic rings. The lowest BCUT2D eigenvalue weighted by Crippen LogP contribution is -2.35. The summed E-state index contributed by atoms with van der Waals surface area (Å²) >= 11 is 0. The molecule has 2 unspecified atom stereocenters. The average Bonchev–Trinajstić information content (AvgIpc) is 2.30. The number of carbonyl (C=O) groups excluding carboxylic acids is 1. The highest BCUT2D eigenvalue weighted by molar-refractivity contribution is 5.76. The quantitative estimate of drug-likeness (QED) is 0.581. The molecule has 0 radical (unpaired) electrons. The second-order valence-corrected chi connectivity index (χ2v) is 4.71. The van der Waals surface area contributed by atoms with Gasteiger partial charge in [-0.15, -0.1) is 0 Å². The van der Waals surface area contributed by atoms with Crippen molar-refractivity contribution in [1.82, 2.24) is 10.6 Å². The van der Waals surface area contributed by atoms with Crippen molar-refractivity contribution in [3.63, 3.8) is 0 Å². The molecule has 1 rings (SSSR count). The Morgan fingerprint density at radius 2 is 2.44 bits per heavy atom. The van der Waals surface area contributed by atoms with E-state index in [1.54, 1.807) is 0 Å². The van der Waals surface area contributed by atoms with Crippen LogP contribution < -0.4 is 10.6 Å². The molecule has 4 nitrogen and oxygen atoms in total. The number of hydrogen-bond acceptors (Lipinski definition) is 3. The number of aliphatic hydroxyl groups is 1. The SMILES string of the molecule is CC(CC(=O)NCCCO)C1CCCNC1. The number of rotatable bonds is 6. The fraction of sp³-hybridized carbons (Fsp3) is 0.917. The summed E-state index contributed by atoms with van der Waals surface area (Å²) in [5.41, 5.74) is 0. The van der Waals surface area contributed by atoms with E-state index in [9.17, 15) is 4.79 Å². The molecule has 1 saturated heterocycles. The highest BCUT2D eigenvalue weighted by Crippen LogP contribution is 2.22. The van der Waals surface area contributed by atoms with Gasteiger partial charge >= 0.3 is 0 Å². The van der Waals surface area contributed by atoms with Crippen LogP contribution in [0.15, 0.2) is 0 Å². The van der Waals surface area contributed by atoms with E-state index in [2.05, 4.69) is 17.6 Å². The zero-order valence-corrected chi connectivity index (χ0v) is 10.2. The van der Waals surface area contributed by atoms with Crippen molar-refractivity contribution in [3.05, 3.63) is 0 Å². The number of carbonyl (C=O) groups is 1. The molecule has 1 fully saturated rings. The Labute approximate surface area is 97.8 Å². The first kappa shape index (κ1) is 13.5. The second kappa shape index (κ2) is 7.63. The first-order chi connectivity index (χ1) is 7.74. The number of amides is 1. The summed E-state index contributed by atoms with van der Waals surface area (Å²) < 4.78 is 0. The van der Waals surface area contributed by atoms with E-state index in [0.717, 1.165) is 13.1 Å². The van der Waals surface area contributed by atoms with E-state index in [1.807, 2.05) is 0 Å². The molecule has 1 amide bonds. The van der Waals surface area contributed by atoms with Gasteiger partial charge in [-0.25, -0.2) is 0 Å². The summed E-state index contributed by atoms with van der Waals surface area (Å²) in [6.07, 6.45) is 3.71. The lowest BCUT2D eigenvalue weighted by Gasteiger charge is -2.28. The Balaban J connectivity index is 2.16. The van der Waals surface area contributed by atoms with Gasteiger partial charge in [0.15, 0.2) is 0 Å². The Morgan fingerprint density at radius 3 is 3.06 bits per heavy atom. The Hall–Kier alpha value is -0.610. The molecule has 0 saturated carbocycles. The summed E-state index contributed by atoms with van der Waals surface area (Å²) in [5, 5.41) is 14.8. The summed E-state index contributed by atoms with van der Waals surface area (Å²) in [6, 6.07) is 0. The summed E-state index contributed by atoms with van der Waals surface area (Å²) in [7, 11) is 0. The van der Waals surface area contributed by atoms with Crippen molar-refractivity contribution in [2.45, 2.75) is 32.6 Å². The molecular formula is C12H24N2O2. The average molecular weight is 228 g/mol. The van der Waals surface area contributed by atoms with Crippen LogP contribution in [0.25, 0.3) is 0 Å². The van der Waals surface area contributed by atoms with Gasteiger partial charge in [0.25, 0.3) is 0 Å². The largest absolute Gasteiger partial charge is 0.396 e. The van der Waals surface area contributed by atoms with E-state index in [4.69, 9.17) is 5.11 Å². The highest BCUT2D eigenvalue weighted by atomic mass is 16.3. The van der Waals surface area contributed by atoms with Gasteiger partial charge in [0.2, 0.25) is 5.91 Å². The van der Waals surface area contributed by atoms with E-state index < -0.39 is 0 Å². The Bertz CT molecular complexity index is 203. The predicted molar refractivity (Wildman–Crippen MR) is 64.1 cm³/mol. The molecular weight excluding hydrogens is 204 g/mol. The monoisotopic (exact) mass is 228 g/mol. The van der Waals surface area contributed by atoms with Crippen LogP contribution in [-0.2, 0) is 4.79 Å². The normalized spacial score (nSPS) is 22.8. The molecule has 94 valence electrons. The van der Waals surface area contributed by atoms with Crippen molar-refractivity contribution in [1.29, 1.82) is 0 Å². The maximum atomic E-state index is 11.6. The van der Waals surface area contributed by atoms with Gasteiger partial charge in [-0.05, 0) is 44.2 Å². The maximum absolute atomic E-state index is 11.6. The van der Waals surface area contributed by atoms with Gasteiger partial charge in [0.1, 0.15) is 0 Å². The summed E-state index contributed by atoms with van der Waals surface area (Å²) in [6.45, 7) is 5.05. The van der Waals surface area contributed by atoms with Crippen LogP contribution >= 0.6 is 0 Å². The lowest BCUT2D eigenvalue weighted by molar-refractivity contribution is -0.122. The molecule has 1 heterocycles. The predicted octanol–water partition coefficient (Wildman–Crippen LogP) is 0.511. The number of nitrogens with one attached hydrogen (secondary N) is 2. The zero-order valence-electron chi connectivity index (χ0n) is 10.2. The van der Waals surface area contributed by atoms with Crippen LogP contribution in [0.5, 0.6) is 0 Å². The smallest absolute Gasteiger partial charge is 0.220 e. The van der Waals surface area contributed by atoms with Crippen LogP contribution in [0.4, 0.5) is 0 Å². The molecule has 1 aliphatic heterocycles. The summed E-state index contributed by atoms with van der Waals surface area (Å²) in [4.78, 5) is 11.6. The molecule has 2 atom stereocenters. The highest BCUT2D eigenvalue weighted by Gasteiger charge is 2.21. The minimum Gasteiger partial charge on any atom is -0.396 e. The molecule has 4 heteroatoms. The molecule has 0 bridgehead atoms. The Kier molecular flexibility index (Phi) is 6.42. The topological polar surface area (TPSA) is 61.4 Å². The standard InChI is InChI=1S/C12H24N2O2/c1-10(11-4-2-5-13-9-11)8-12(16)14-6-3-7-15/h10-11,13,15H,2-9H2,1H3,(H,14,16). The molecule has 3 N–H and O–H groups in total. The third kappa shape index (κ3) is 4.94. The van der Waals surface area contributed by atoms with E-state index in [-0.39, 0.29) is 12.5 Å². The van der Waals surface area contributed by atoms with Crippen molar-refractivity contribution >= 4 is 5.91 Å². The fourth-order valence-corrected chi connectivity index (χ4v) is 2.20. The van der Waals surface area contributed by atoms with Gasteiger partial charge in [0.05, 0.1) is 0 Å². The maximum Gasteiger partial charge on any atom is 0.220 e. The fourth-order valence-electron chi connectivity index (χ4n) is 2.20. The van der Waals surface area contributed by atoms with Crippen molar-refractivity contribution in [2.75, 3.05) is 26.2 Å². The van der Waals surface area contributed by atoms with Gasteiger partial charge in [-0.3, -0.25) is 4.79 Å². The van der Waals surface area contributed by atoms with Gasteiger partial charge in [-0.1, -0.05) is 6.92 Å². The minimum atomic E-state index is 0.117. The Morgan fingerprint density at radius 1 is 1.62 bits per heavy atom. The van der Waals surface area contributed by atoms with Crippen LogP contribution in [-0.4, -0.2) is 37.3 Å². The first-order valence-corrected chi connectivity index (χ1v) is 6.32. The van der Waals surface area contributed by atoms with Crippen molar-refractivity contribution < 1.29 is 9.90 Å². The number of aliphatic hydroxyl groups excluding tert-OH is 1. The van der Waals surface area contributed by atoms with Crippen LogP contribution in [0, 0.1) is 11.8 Å². The van der Waals surface area contributed by atoms with E-state index in [0.29, 0.717) is 31.2 Å². The molecule has 0 spiro atoms. The van der Waals surface area contributed by atoms with Gasteiger partial charge < -0.3 is 15.7 Å². The van der Waals surface area contributed by atoms with Crippen LogP contribution in [0.2, 0.25) is 0 Å². The van der Waals surface area contributed by atoms with Crippen molar-refractivity contribution in [2.24, 2.45) is 11.8 Å². The second-order valence-electron chi connectivity index (χ2n) is 4.71. The number of hydrogen-bond donors (Lipinski definition) is 3. The van der Waals surface area contributed by atoms with Gasteiger partial charge in [0, 0.05) is 19.6 Å². The molecule has 0 aromatic rings.